The minimum absolute atomic E-state index is 0.0241. The molecule has 1 N–H and O–H groups in total. The van der Waals surface area contributed by atoms with Crippen LogP contribution >= 0.6 is 11.6 Å². The molecule has 8 nitrogen and oxygen atoms in total. The van der Waals surface area contributed by atoms with Gasteiger partial charge < -0.3 is 19.3 Å². The fraction of sp³-hybridized carbons (Fsp3) is 0.400. The number of rotatable bonds is 9. The van der Waals surface area contributed by atoms with Crippen molar-refractivity contribution < 1.29 is 19.0 Å². The van der Waals surface area contributed by atoms with E-state index in [1.807, 2.05) is 18.2 Å². The fourth-order valence-electron chi connectivity index (χ4n) is 5.54. The van der Waals surface area contributed by atoms with E-state index < -0.39 is 5.97 Å². The first-order valence-corrected chi connectivity index (χ1v) is 14.2. The lowest BCUT2D eigenvalue weighted by atomic mass is 9.93. The number of carboxylic acids is 1. The summed E-state index contributed by atoms with van der Waals surface area (Å²) < 4.78 is 21.9. The number of carbonyl (C=O) groups is 1. The molecule has 0 aliphatic carbocycles. The number of hydrogen-bond donors (Lipinski definition) is 1. The van der Waals surface area contributed by atoms with Gasteiger partial charge in [-0.25, -0.2) is 24.1 Å². The lowest BCUT2D eigenvalue weighted by molar-refractivity contribution is -0.0591. The van der Waals surface area contributed by atoms with E-state index >= 15 is 0 Å². The Kier molecular flexibility index (Phi) is 7.67. The minimum Gasteiger partial charge on any atom is -0.477 e. The molecule has 2 aliphatic heterocycles. The van der Waals surface area contributed by atoms with E-state index in [2.05, 4.69) is 14.5 Å². The molecule has 0 amide bonds. The largest absolute Gasteiger partial charge is 0.477 e. The van der Waals surface area contributed by atoms with E-state index in [1.165, 1.54) is 12.1 Å². The summed E-state index contributed by atoms with van der Waals surface area (Å²) >= 11 is 5.88. The van der Waals surface area contributed by atoms with Crippen molar-refractivity contribution in [3.8, 4) is 0 Å². The number of piperidine rings is 1. The number of imidazole rings is 1. The number of halogens is 2. The van der Waals surface area contributed by atoms with Gasteiger partial charge in [0.15, 0.2) is 11.3 Å². The summed E-state index contributed by atoms with van der Waals surface area (Å²) in [6.07, 6.45) is 5.12. The molecule has 4 aromatic rings. The van der Waals surface area contributed by atoms with E-state index in [0.717, 1.165) is 68.2 Å². The highest BCUT2D eigenvalue weighted by molar-refractivity contribution is 6.30. The molecule has 2 fully saturated rings. The van der Waals surface area contributed by atoms with Gasteiger partial charge in [0.25, 0.3) is 0 Å². The van der Waals surface area contributed by atoms with Crippen molar-refractivity contribution in [3.63, 3.8) is 0 Å². The third kappa shape index (κ3) is 5.81. The molecule has 6 rings (SSSR count). The number of benzene rings is 1. The van der Waals surface area contributed by atoms with Crippen molar-refractivity contribution in [2.45, 2.75) is 51.2 Å². The van der Waals surface area contributed by atoms with E-state index in [9.17, 15) is 14.3 Å². The van der Waals surface area contributed by atoms with Crippen LogP contribution in [0.5, 0.6) is 0 Å². The monoisotopic (exact) mass is 563 g/mol. The average molecular weight is 564 g/mol. The minimum atomic E-state index is -1.04. The molecule has 40 heavy (non-hydrogen) atoms. The zero-order valence-corrected chi connectivity index (χ0v) is 22.9. The summed E-state index contributed by atoms with van der Waals surface area (Å²) in [5.41, 5.74) is 2.94. The predicted molar refractivity (Wildman–Crippen MR) is 151 cm³/mol. The van der Waals surface area contributed by atoms with Gasteiger partial charge in [0, 0.05) is 36.8 Å². The normalized spacial score (nSPS) is 17.8. The quantitative estimate of drug-likeness (QED) is 0.293. The molecule has 0 radical (unpaired) electrons. The maximum Gasteiger partial charge on any atom is 0.354 e. The van der Waals surface area contributed by atoms with E-state index in [1.54, 1.807) is 18.2 Å². The van der Waals surface area contributed by atoms with Crippen LogP contribution in [0.25, 0.3) is 11.2 Å². The molecule has 0 bridgehead atoms. The summed E-state index contributed by atoms with van der Waals surface area (Å²) in [7, 11) is 0. The van der Waals surface area contributed by atoms with Crippen LogP contribution in [0, 0.1) is 11.7 Å². The molecule has 0 saturated carbocycles. The number of pyridine rings is 2. The van der Waals surface area contributed by atoms with Crippen LogP contribution in [0.4, 0.5) is 10.2 Å². The molecular weight excluding hydrogens is 533 g/mol. The Bertz CT molecular complexity index is 1530. The van der Waals surface area contributed by atoms with Crippen LogP contribution in [0.1, 0.15) is 46.8 Å². The van der Waals surface area contributed by atoms with Crippen molar-refractivity contribution in [2.75, 3.05) is 24.6 Å². The Morgan fingerprint density at radius 2 is 1.88 bits per heavy atom. The lowest BCUT2D eigenvalue weighted by Gasteiger charge is -2.33. The summed E-state index contributed by atoms with van der Waals surface area (Å²) in [6.45, 7) is 3.17. The topological polar surface area (TPSA) is 93.4 Å². The van der Waals surface area contributed by atoms with Crippen LogP contribution in [0.3, 0.4) is 0 Å². The number of fused-ring (bicyclic) bond motifs is 1. The highest BCUT2D eigenvalue weighted by atomic mass is 35.5. The van der Waals surface area contributed by atoms with Crippen molar-refractivity contribution in [3.05, 3.63) is 82.1 Å². The molecule has 208 valence electrons. The van der Waals surface area contributed by atoms with Crippen LogP contribution in [-0.2, 0) is 30.5 Å². The zero-order chi connectivity index (χ0) is 27.6. The highest BCUT2D eigenvalue weighted by Gasteiger charge is 2.26. The number of carboxylic acid groups (broad SMARTS) is 1. The number of aromatic nitrogens is 4. The van der Waals surface area contributed by atoms with Crippen LogP contribution in [-0.4, -0.2) is 56.4 Å². The van der Waals surface area contributed by atoms with Gasteiger partial charge in [-0.05, 0) is 80.0 Å². The lowest BCUT2D eigenvalue weighted by Crippen LogP contribution is -2.35. The molecule has 3 aromatic heterocycles. The molecule has 10 heteroatoms. The maximum atomic E-state index is 14.2. The third-order valence-electron chi connectivity index (χ3n) is 7.94. The second-order valence-electron chi connectivity index (χ2n) is 10.6. The van der Waals surface area contributed by atoms with Gasteiger partial charge in [0.05, 0.1) is 12.6 Å². The second-order valence-corrected chi connectivity index (χ2v) is 11.1. The Morgan fingerprint density at radius 1 is 1.05 bits per heavy atom. The van der Waals surface area contributed by atoms with Gasteiger partial charge in [0.2, 0.25) is 0 Å². The molecule has 2 aliphatic rings. The van der Waals surface area contributed by atoms with E-state index in [0.29, 0.717) is 41.5 Å². The van der Waals surface area contributed by atoms with Crippen LogP contribution in [0.2, 0.25) is 5.02 Å². The Balaban J connectivity index is 1.11. The molecule has 1 atom stereocenters. The van der Waals surface area contributed by atoms with E-state index in [-0.39, 0.29) is 17.6 Å². The van der Waals surface area contributed by atoms with Crippen LogP contribution < -0.4 is 4.90 Å². The maximum absolute atomic E-state index is 14.2. The van der Waals surface area contributed by atoms with Crippen molar-refractivity contribution >= 4 is 34.6 Å². The SMILES string of the molecule is O=C(O)c1ccc2nc(CC3CCN(c4cccc(CCc5ccc(Cl)cc5F)n4)CC3)n(C[C@@H]3CCO3)c2n1. The van der Waals surface area contributed by atoms with Gasteiger partial charge in [-0.2, -0.15) is 0 Å². The van der Waals surface area contributed by atoms with Crippen LogP contribution in [0.15, 0.2) is 48.5 Å². The van der Waals surface area contributed by atoms with Gasteiger partial charge >= 0.3 is 5.97 Å². The third-order valence-corrected chi connectivity index (χ3v) is 8.17. The summed E-state index contributed by atoms with van der Waals surface area (Å²) in [6, 6.07) is 14.1. The Morgan fingerprint density at radius 3 is 2.60 bits per heavy atom. The number of ether oxygens (including phenoxy) is 1. The summed E-state index contributed by atoms with van der Waals surface area (Å²) in [5.74, 6) is 1.01. The van der Waals surface area contributed by atoms with E-state index in [4.69, 9.17) is 26.3 Å². The van der Waals surface area contributed by atoms with Gasteiger partial charge in [-0.1, -0.05) is 23.7 Å². The predicted octanol–water partition coefficient (Wildman–Crippen LogP) is 5.35. The first kappa shape index (κ1) is 26.7. The number of aryl methyl sites for hydroxylation is 2. The van der Waals surface area contributed by atoms with Gasteiger partial charge in [-0.15, -0.1) is 0 Å². The smallest absolute Gasteiger partial charge is 0.354 e. The summed E-state index contributed by atoms with van der Waals surface area (Å²) in [5, 5.41) is 9.84. The number of hydrogen-bond acceptors (Lipinski definition) is 6. The number of nitrogens with zero attached hydrogens (tertiary/aromatic N) is 5. The first-order chi connectivity index (χ1) is 19.4. The molecule has 0 unspecified atom stereocenters. The molecule has 1 aromatic carbocycles. The van der Waals surface area contributed by atoms with Crippen molar-refractivity contribution in [2.24, 2.45) is 5.92 Å². The van der Waals surface area contributed by atoms with Gasteiger partial charge in [-0.3, -0.25) is 0 Å². The fourth-order valence-corrected chi connectivity index (χ4v) is 5.70. The Hall–Kier alpha value is -3.56. The standard InChI is InChI=1S/C30H31ClFN5O3/c31-21-6-4-20(24(32)17-21)5-7-22-2-1-3-27(33-22)36-13-10-19(11-14-36)16-28-34-25-8-9-26(30(38)39)35-29(25)37(28)18-23-12-15-40-23/h1-4,6,8-9,17,19,23H,5,7,10-16,18H2,(H,38,39)/t23-/m0/s1. The second kappa shape index (κ2) is 11.5. The number of aromatic carboxylic acids is 1. The molecule has 0 spiro atoms. The average Bonchev–Trinajstić information content (AvgIpc) is 3.26. The van der Waals surface area contributed by atoms with Crippen molar-refractivity contribution in [1.82, 2.24) is 19.5 Å². The molecule has 5 heterocycles. The Labute approximate surface area is 236 Å². The first-order valence-electron chi connectivity index (χ1n) is 13.8. The number of anilines is 1. The summed E-state index contributed by atoms with van der Waals surface area (Å²) in [4.78, 5) is 28.0. The zero-order valence-electron chi connectivity index (χ0n) is 22.1. The van der Waals surface area contributed by atoms with Gasteiger partial charge in [0.1, 0.15) is 23.0 Å². The van der Waals surface area contributed by atoms with Crippen molar-refractivity contribution in [1.29, 1.82) is 0 Å². The molecular formula is C30H31ClFN5O3. The highest BCUT2D eigenvalue weighted by Crippen LogP contribution is 2.28. The molecule has 2 saturated heterocycles.